The number of nitrogens with one attached hydrogen (secondary N) is 1. The molecule has 26 heavy (non-hydrogen) atoms. The number of alkyl halides is 2. The maximum absolute atomic E-state index is 12.7. The van der Waals surface area contributed by atoms with E-state index in [4.69, 9.17) is 17.0 Å². The molecule has 1 aliphatic heterocycles. The van der Waals surface area contributed by atoms with Crippen LogP contribution in [0.1, 0.15) is 37.7 Å². The number of halogens is 2. The summed E-state index contributed by atoms with van der Waals surface area (Å²) in [5.41, 5.74) is 0.984. The fourth-order valence-corrected chi connectivity index (χ4v) is 3.70. The van der Waals surface area contributed by atoms with Crippen molar-refractivity contribution in [3.63, 3.8) is 0 Å². The highest BCUT2D eigenvalue weighted by Gasteiger charge is 2.36. The molecular formula is C18H20F2N2O3S. The first-order chi connectivity index (χ1) is 12.5. The van der Waals surface area contributed by atoms with Crippen LogP contribution < -0.4 is 14.8 Å². The molecule has 2 fully saturated rings. The second-order valence-electron chi connectivity index (χ2n) is 6.24. The van der Waals surface area contributed by atoms with Crippen molar-refractivity contribution in [1.29, 1.82) is 0 Å². The Morgan fingerprint density at radius 2 is 2.00 bits per heavy atom. The molecule has 2 aliphatic rings. The minimum absolute atomic E-state index is 0.0605. The lowest BCUT2D eigenvalue weighted by Crippen LogP contribution is -2.41. The lowest BCUT2D eigenvalue weighted by molar-refractivity contribution is -0.124. The number of nitrogens with zero attached hydrogens (tertiary/aromatic N) is 1. The molecule has 1 heterocycles. The Hall–Kier alpha value is -2.22. The minimum Gasteiger partial charge on any atom is -0.493 e. The van der Waals surface area contributed by atoms with Crippen LogP contribution in [0.25, 0.3) is 6.08 Å². The fourth-order valence-electron chi connectivity index (χ4n) is 3.35. The van der Waals surface area contributed by atoms with Gasteiger partial charge in [-0.1, -0.05) is 25.3 Å². The molecule has 140 valence electrons. The van der Waals surface area contributed by atoms with E-state index >= 15 is 0 Å². The summed E-state index contributed by atoms with van der Waals surface area (Å²) in [5.74, 6) is -0.0553. The van der Waals surface area contributed by atoms with Crippen molar-refractivity contribution in [3.05, 3.63) is 29.5 Å². The minimum atomic E-state index is -2.94. The van der Waals surface area contributed by atoms with Crippen LogP contribution in [0.4, 0.5) is 8.78 Å². The Labute approximate surface area is 155 Å². The van der Waals surface area contributed by atoms with Crippen molar-refractivity contribution in [2.24, 2.45) is 0 Å². The molecule has 1 aromatic rings. The summed E-state index contributed by atoms with van der Waals surface area (Å²) in [5, 5.41) is 3.38. The predicted molar refractivity (Wildman–Crippen MR) is 97.1 cm³/mol. The average molecular weight is 382 g/mol. The topological polar surface area (TPSA) is 50.8 Å². The molecule has 0 radical (unpaired) electrons. The van der Waals surface area contributed by atoms with Gasteiger partial charge in [0.1, 0.15) is 5.70 Å². The van der Waals surface area contributed by atoms with Gasteiger partial charge in [-0.25, -0.2) is 0 Å². The quantitative estimate of drug-likeness (QED) is 0.622. The van der Waals surface area contributed by atoms with Gasteiger partial charge < -0.3 is 14.8 Å². The summed E-state index contributed by atoms with van der Waals surface area (Å²) < 4.78 is 34.3. The first-order valence-electron chi connectivity index (χ1n) is 8.48. The summed E-state index contributed by atoms with van der Waals surface area (Å²) in [6.07, 6.45) is 6.92. The molecule has 8 heteroatoms. The van der Waals surface area contributed by atoms with Crippen LogP contribution in [0, 0.1) is 0 Å². The summed E-state index contributed by atoms with van der Waals surface area (Å²) >= 11 is 5.33. The van der Waals surface area contributed by atoms with Crippen molar-refractivity contribution >= 4 is 29.3 Å². The van der Waals surface area contributed by atoms with Gasteiger partial charge in [-0.3, -0.25) is 9.69 Å². The SMILES string of the molecule is COc1cc(/C=C2/NC(=S)N(C3CCCCC3)C2=O)ccc1OC(F)F. The monoisotopic (exact) mass is 382 g/mol. The lowest BCUT2D eigenvalue weighted by atomic mass is 9.94. The highest BCUT2D eigenvalue weighted by molar-refractivity contribution is 7.80. The van der Waals surface area contributed by atoms with Gasteiger partial charge in [0.15, 0.2) is 16.6 Å². The second-order valence-corrected chi connectivity index (χ2v) is 6.63. The predicted octanol–water partition coefficient (Wildman–Crippen LogP) is 3.69. The fraction of sp³-hybridized carbons (Fsp3) is 0.444. The number of amides is 1. The molecule has 5 nitrogen and oxygen atoms in total. The van der Waals surface area contributed by atoms with Crippen molar-refractivity contribution in [2.75, 3.05) is 7.11 Å². The number of thiocarbonyl (C=S) groups is 1. The number of hydrogen-bond donors (Lipinski definition) is 1. The number of hydrogen-bond acceptors (Lipinski definition) is 4. The van der Waals surface area contributed by atoms with Gasteiger partial charge in [0, 0.05) is 6.04 Å². The maximum atomic E-state index is 12.7. The van der Waals surface area contributed by atoms with Crippen LogP contribution in [-0.4, -0.2) is 35.7 Å². The van der Waals surface area contributed by atoms with Crippen LogP contribution in [-0.2, 0) is 4.79 Å². The summed E-state index contributed by atoms with van der Waals surface area (Å²) in [7, 11) is 1.36. The third-order valence-corrected chi connectivity index (χ3v) is 4.86. The lowest BCUT2D eigenvalue weighted by Gasteiger charge is -2.29. The van der Waals surface area contributed by atoms with Gasteiger partial charge in [0.05, 0.1) is 7.11 Å². The molecule has 0 aromatic heterocycles. The Balaban J connectivity index is 1.81. The Morgan fingerprint density at radius 1 is 1.27 bits per heavy atom. The Bertz CT molecular complexity index is 733. The van der Waals surface area contributed by atoms with Gasteiger partial charge in [-0.2, -0.15) is 8.78 Å². The van der Waals surface area contributed by atoms with Gasteiger partial charge in [-0.15, -0.1) is 0 Å². The smallest absolute Gasteiger partial charge is 0.387 e. The van der Waals surface area contributed by atoms with E-state index in [1.165, 1.54) is 25.7 Å². The van der Waals surface area contributed by atoms with Gasteiger partial charge in [0.25, 0.3) is 5.91 Å². The standard InChI is InChI=1S/C18H20F2N2O3S/c1-24-15-10-11(7-8-14(15)25-17(19)20)9-13-16(23)22(18(26)21-13)12-5-3-2-4-6-12/h7-10,12,17H,2-6H2,1H3,(H,21,26)/b13-9+. The van der Waals surface area contributed by atoms with E-state index in [2.05, 4.69) is 10.1 Å². The molecule has 1 saturated carbocycles. The van der Waals surface area contributed by atoms with Gasteiger partial charge in [0.2, 0.25) is 0 Å². The Morgan fingerprint density at radius 3 is 2.65 bits per heavy atom. The van der Waals surface area contributed by atoms with E-state index in [1.807, 2.05) is 0 Å². The van der Waals surface area contributed by atoms with Crippen LogP contribution >= 0.6 is 12.2 Å². The molecule has 0 atom stereocenters. The zero-order valence-corrected chi connectivity index (χ0v) is 15.2. The molecule has 0 bridgehead atoms. The third kappa shape index (κ3) is 3.95. The van der Waals surface area contributed by atoms with Crippen molar-refractivity contribution < 1.29 is 23.0 Å². The molecule has 0 spiro atoms. The third-order valence-electron chi connectivity index (χ3n) is 4.56. The highest BCUT2D eigenvalue weighted by Crippen LogP contribution is 2.31. The second kappa shape index (κ2) is 7.99. The van der Waals surface area contributed by atoms with Gasteiger partial charge in [-0.05, 0) is 48.8 Å². The van der Waals surface area contributed by atoms with E-state index < -0.39 is 6.61 Å². The van der Waals surface area contributed by atoms with Crippen LogP contribution in [0.3, 0.4) is 0 Å². The summed E-state index contributed by atoms with van der Waals surface area (Å²) in [6, 6.07) is 4.63. The Kier molecular flexibility index (Phi) is 5.70. The number of methoxy groups -OCH3 is 1. The van der Waals surface area contributed by atoms with Crippen molar-refractivity contribution in [2.45, 2.75) is 44.8 Å². The first-order valence-corrected chi connectivity index (χ1v) is 8.89. The van der Waals surface area contributed by atoms with Crippen LogP contribution in [0.15, 0.2) is 23.9 Å². The zero-order chi connectivity index (χ0) is 18.7. The summed E-state index contributed by atoms with van der Waals surface area (Å²) in [6.45, 7) is -2.94. The molecule has 1 aromatic carbocycles. The first kappa shape index (κ1) is 18.6. The molecular weight excluding hydrogens is 362 g/mol. The largest absolute Gasteiger partial charge is 0.493 e. The summed E-state index contributed by atoms with van der Waals surface area (Å²) in [4.78, 5) is 14.4. The zero-order valence-electron chi connectivity index (χ0n) is 14.3. The molecule has 3 rings (SSSR count). The highest BCUT2D eigenvalue weighted by atomic mass is 32.1. The number of benzene rings is 1. The number of rotatable bonds is 5. The van der Waals surface area contributed by atoms with E-state index in [1.54, 1.807) is 17.0 Å². The normalized spacial score (nSPS) is 20.0. The maximum Gasteiger partial charge on any atom is 0.387 e. The molecule has 0 unspecified atom stereocenters. The molecule has 1 saturated heterocycles. The van der Waals surface area contributed by atoms with E-state index in [-0.39, 0.29) is 23.4 Å². The van der Waals surface area contributed by atoms with Crippen molar-refractivity contribution in [1.82, 2.24) is 10.2 Å². The van der Waals surface area contributed by atoms with Crippen LogP contribution in [0.2, 0.25) is 0 Å². The number of ether oxygens (including phenoxy) is 2. The average Bonchev–Trinajstić information content (AvgIpc) is 2.90. The van der Waals surface area contributed by atoms with Gasteiger partial charge >= 0.3 is 6.61 Å². The molecule has 1 aliphatic carbocycles. The van der Waals surface area contributed by atoms with Crippen molar-refractivity contribution in [3.8, 4) is 11.5 Å². The number of carbonyl (C=O) groups excluding carboxylic acids is 1. The van der Waals surface area contributed by atoms with E-state index in [9.17, 15) is 13.6 Å². The van der Waals surface area contributed by atoms with E-state index in [0.717, 1.165) is 25.7 Å². The molecule has 1 amide bonds. The molecule has 1 N–H and O–H groups in total. The van der Waals surface area contributed by atoms with E-state index in [0.29, 0.717) is 16.4 Å². The van der Waals surface area contributed by atoms with Crippen LogP contribution in [0.5, 0.6) is 11.5 Å². The number of carbonyl (C=O) groups is 1.